The molecule has 0 radical (unpaired) electrons. The molecule has 0 bridgehead atoms. The van der Waals surface area contributed by atoms with Gasteiger partial charge >= 0.3 is 0 Å². The van der Waals surface area contributed by atoms with Crippen molar-refractivity contribution in [3.63, 3.8) is 0 Å². The van der Waals surface area contributed by atoms with Gasteiger partial charge in [-0.1, -0.05) is 26.8 Å². The van der Waals surface area contributed by atoms with E-state index in [1.807, 2.05) is 0 Å². The van der Waals surface area contributed by atoms with Crippen LogP contribution < -0.4 is 0 Å². The van der Waals surface area contributed by atoms with Crippen molar-refractivity contribution in [1.82, 2.24) is 0 Å². The van der Waals surface area contributed by atoms with Crippen molar-refractivity contribution in [2.24, 2.45) is 0 Å². The highest BCUT2D eigenvalue weighted by atomic mass is 28.4. The highest BCUT2D eigenvalue weighted by molar-refractivity contribution is 6.74. The van der Waals surface area contributed by atoms with Crippen molar-refractivity contribution in [2.45, 2.75) is 45.0 Å². The van der Waals surface area contributed by atoms with E-state index in [-0.39, 0.29) is 5.04 Å². The molecule has 0 aliphatic heterocycles. The lowest BCUT2D eigenvalue weighted by Crippen LogP contribution is -2.42. The van der Waals surface area contributed by atoms with Crippen LogP contribution in [0.25, 0.3) is 0 Å². The smallest absolute Gasteiger partial charge is 0.192 e. The predicted molar refractivity (Wildman–Crippen MR) is 59.4 cm³/mol. The minimum atomic E-state index is -1.69. The summed E-state index contributed by atoms with van der Waals surface area (Å²) in [6.45, 7) is 14.8. The Balaban J connectivity index is 4.11. The zero-order valence-corrected chi connectivity index (χ0v) is 10.4. The van der Waals surface area contributed by atoms with Gasteiger partial charge < -0.3 is 9.53 Å². The molecule has 0 heterocycles. The summed E-state index contributed by atoms with van der Waals surface area (Å²) in [6, 6.07) is 0. The first-order valence-corrected chi connectivity index (χ1v) is 7.56. The Labute approximate surface area is 82.7 Å². The van der Waals surface area contributed by atoms with Gasteiger partial charge in [0.05, 0.1) is 12.7 Å². The van der Waals surface area contributed by atoms with Gasteiger partial charge in [-0.3, -0.25) is 0 Å². The van der Waals surface area contributed by atoms with Gasteiger partial charge in [-0.15, -0.1) is 6.58 Å². The first-order valence-electron chi connectivity index (χ1n) is 4.65. The fraction of sp³-hybridized carbons (Fsp3) is 0.800. The molecule has 0 fully saturated rings. The maximum atomic E-state index is 9.27. The van der Waals surface area contributed by atoms with Crippen LogP contribution in [0.3, 0.4) is 0 Å². The average molecular weight is 202 g/mol. The van der Waals surface area contributed by atoms with Crippen LogP contribution in [0.2, 0.25) is 18.1 Å². The van der Waals surface area contributed by atoms with E-state index in [4.69, 9.17) is 4.43 Å². The van der Waals surface area contributed by atoms with Gasteiger partial charge in [0.1, 0.15) is 0 Å². The van der Waals surface area contributed by atoms with Gasteiger partial charge in [0.15, 0.2) is 8.32 Å². The van der Waals surface area contributed by atoms with Gasteiger partial charge in [0, 0.05) is 0 Å². The Morgan fingerprint density at radius 1 is 1.46 bits per heavy atom. The summed E-state index contributed by atoms with van der Waals surface area (Å²) < 4.78 is 5.76. The second-order valence-electron chi connectivity index (χ2n) is 4.87. The third kappa shape index (κ3) is 4.07. The van der Waals surface area contributed by atoms with Crippen LogP contribution in [0.15, 0.2) is 12.7 Å². The summed E-state index contributed by atoms with van der Waals surface area (Å²) in [4.78, 5) is 0. The van der Waals surface area contributed by atoms with Crippen molar-refractivity contribution < 1.29 is 9.53 Å². The fourth-order valence-corrected chi connectivity index (χ4v) is 1.60. The van der Waals surface area contributed by atoms with E-state index in [0.717, 1.165) is 0 Å². The standard InChI is InChI=1S/C10H22O2Si/c1-7-9(11)8-12-13(5,6)10(2,3)4/h7,9,11H,1,8H2,2-6H3. The summed E-state index contributed by atoms with van der Waals surface area (Å²) in [7, 11) is -1.69. The van der Waals surface area contributed by atoms with E-state index in [0.29, 0.717) is 6.61 Å². The Morgan fingerprint density at radius 2 is 1.92 bits per heavy atom. The second-order valence-corrected chi connectivity index (χ2v) is 9.68. The summed E-state index contributed by atoms with van der Waals surface area (Å²) in [5, 5.41) is 9.47. The monoisotopic (exact) mass is 202 g/mol. The molecule has 1 atom stereocenters. The van der Waals surface area contributed by atoms with Gasteiger partial charge in [-0.05, 0) is 18.1 Å². The molecule has 0 aromatic carbocycles. The second kappa shape index (κ2) is 4.40. The third-order valence-corrected chi connectivity index (χ3v) is 7.19. The van der Waals surface area contributed by atoms with Gasteiger partial charge in [0.25, 0.3) is 0 Å². The maximum Gasteiger partial charge on any atom is 0.192 e. The first kappa shape index (κ1) is 12.9. The molecule has 0 saturated carbocycles. The summed E-state index contributed by atoms with van der Waals surface area (Å²) in [5.41, 5.74) is 0. The van der Waals surface area contributed by atoms with Crippen molar-refractivity contribution in [2.75, 3.05) is 6.61 Å². The van der Waals surface area contributed by atoms with Crippen molar-refractivity contribution in [3.05, 3.63) is 12.7 Å². The van der Waals surface area contributed by atoms with Crippen molar-refractivity contribution >= 4 is 8.32 Å². The molecular formula is C10H22O2Si. The molecule has 3 heteroatoms. The van der Waals surface area contributed by atoms with Crippen LogP contribution >= 0.6 is 0 Å². The van der Waals surface area contributed by atoms with Crippen LogP contribution in [0, 0.1) is 0 Å². The van der Waals surface area contributed by atoms with E-state index in [2.05, 4.69) is 40.4 Å². The fourth-order valence-electron chi connectivity index (χ4n) is 0.578. The minimum absolute atomic E-state index is 0.202. The SMILES string of the molecule is C=CC(O)CO[Si](C)(C)C(C)(C)C. The summed E-state index contributed by atoms with van der Waals surface area (Å²) >= 11 is 0. The van der Waals surface area contributed by atoms with Gasteiger partial charge in [-0.25, -0.2) is 0 Å². The zero-order chi connectivity index (χ0) is 10.7. The van der Waals surface area contributed by atoms with E-state index in [1.54, 1.807) is 0 Å². The highest BCUT2D eigenvalue weighted by Gasteiger charge is 2.37. The van der Waals surface area contributed by atoms with Crippen LogP contribution in [0.1, 0.15) is 20.8 Å². The van der Waals surface area contributed by atoms with Crippen LogP contribution in [-0.4, -0.2) is 26.1 Å². The summed E-state index contributed by atoms with van der Waals surface area (Å²) in [6.07, 6.45) is 0.974. The molecule has 0 rings (SSSR count). The highest BCUT2D eigenvalue weighted by Crippen LogP contribution is 2.36. The Kier molecular flexibility index (Phi) is 4.36. The Bertz CT molecular complexity index is 170. The third-order valence-electron chi connectivity index (χ3n) is 2.69. The predicted octanol–water partition coefficient (Wildman–Crippen LogP) is 2.56. The maximum absolute atomic E-state index is 9.27. The molecule has 13 heavy (non-hydrogen) atoms. The summed E-state index contributed by atoms with van der Waals surface area (Å²) in [5.74, 6) is 0. The molecule has 0 aliphatic rings. The molecule has 0 aliphatic carbocycles. The number of hydrogen-bond donors (Lipinski definition) is 1. The first-order chi connectivity index (χ1) is 5.70. The van der Waals surface area contributed by atoms with Crippen molar-refractivity contribution in [3.8, 4) is 0 Å². The molecule has 0 aromatic rings. The normalized spacial score (nSPS) is 15.5. The largest absolute Gasteiger partial charge is 0.414 e. The molecule has 1 unspecified atom stereocenters. The number of aliphatic hydroxyl groups excluding tert-OH is 1. The Hall–Kier alpha value is -0.123. The lowest BCUT2D eigenvalue weighted by atomic mass is 10.2. The average Bonchev–Trinajstić information content (AvgIpc) is 1.98. The van der Waals surface area contributed by atoms with Gasteiger partial charge in [-0.2, -0.15) is 0 Å². The lowest BCUT2D eigenvalue weighted by Gasteiger charge is -2.36. The molecule has 0 aromatic heterocycles. The molecule has 78 valence electrons. The molecule has 2 nitrogen and oxygen atoms in total. The van der Waals surface area contributed by atoms with Crippen LogP contribution in [0.4, 0.5) is 0 Å². The quantitative estimate of drug-likeness (QED) is 0.561. The van der Waals surface area contributed by atoms with Gasteiger partial charge in [0.2, 0.25) is 0 Å². The van der Waals surface area contributed by atoms with Crippen LogP contribution in [0.5, 0.6) is 0 Å². The number of rotatable bonds is 4. The van der Waals surface area contributed by atoms with E-state index >= 15 is 0 Å². The topological polar surface area (TPSA) is 29.5 Å². The molecule has 0 spiro atoms. The van der Waals surface area contributed by atoms with E-state index in [1.165, 1.54) is 6.08 Å². The number of hydrogen-bond acceptors (Lipinski definition) is 2. The molecule has 0 saturated heterocycles. The molecule has 1 N–H and O–H groups in total. The lowest BCUT2D eigenvalue weighted by molar-refractivity contribution is 0.135. The van der Waals surface area contributed by atoms with Crippen molar-refractivity contribution in [1.29, 1.82) is 0 Å². The molecule has 0 amide bonds. The van der Waals surface area contributed by atoms with E-state index < -0.39 is 14.4 Å². The Morgan fingerprint density at radius 3 is 2.23 bits per heavy atom. The van der Waals surface area contributed by atoms with Crippen LogP contribution in [-0.2, 0) is 4.43 Å². The molecular weight excluding hydrogens is 180 g/mol. The minimum Gasteiger partial charge on any atom is -0.414 e. The number of aliphatic hydroxyl groups is 1. The van der Waals surface area contributed by atoms with E-state index in [9.17, 15) is 5.11 Å². The zero-order valence-electron chi connectivity index (χ0n) is 9.42.